The van der Waals surface area contributed by atoms with Gasteiger partial charge in [-0.15, -0.1) is 0 Å². The van der Waals surface area contributed by atoms with Crippen molar-refractivity contribution in [1.82, 2.24) is 10.6 Å². The fraction of sp³-hybridized carbons (Fsp3) is 0.824. The molecule has 0 aromatic heterocycles. The van der Waals surface area contributed by atoms with Crippen LogP contribution in [0.15, 0.2) is 28.3 Å². The van der Waals surface area contributed by atoms with Gasteiger partial charge in [0.1, 0.15) is 5.60 Å². The van der Waals surface area contributed by atoms with Gasteiger partial charge < -0.3 is 41.2 Å². The average molecular weight is 612 g/mol. The fourth-order valence-electron chi connectivity index (χ4n) is 12.1. The second kappa shape index (κ2) is 11.2. The number of aliphatic carboxylic acids is 1. The van der Waals surface area contributed by atoms with Gasteiger partial charge in [-0.2, -0.15) is 0 Å². The molecule has 0 amide bonds. The van der Waals surface area contributed by atoms with E-state index < -0.39 is 22.6 Å². The van der Waals surface area contributed by atoms with E-state index >= 15 is 0 Å². The van der Waals surface area contributed by atoms with E-state index in [0.717, 1.165) is 81.6 Å². The molecule has 4 bridgehead atoms. The van der Waals surface area contributed by atoms with Crippen molar-refractivity contribution in [3.05, 3.63) is 23.3 Å². The highest BCUT2D eigenvalue weighted by Crippen LogP contribution is 2.76. The number of allylic oxidation sites excluding steroid dienone is 1. The molecule has 11 atom stereocenters. The van der Waals surface area contributed by atoms with Gasteiger partial charge in [-0.1, -0.05) is 24.6 Å². The lowest BCUT2D eigenvalue weighted by atomic mass is 9.45. The van der Waals surface area contributed by atoms with Gasteiger partial charge >= 0.3 is 0 Å². The van der Waals surface area contributed by atoms with Crippen molar-refractivity contribution in [3.8, 4) is 0 Å². The number of piperidine rings is 2. The number of ether oxygens (including phenoxy) is 1. The zero-order valence-corrected chi connectivity index (χ0v) is 26.6. The standard InChI is InChI=1S/C34H53N5O5/c1-21-5-6-23-15-26-28(29(41)42)31(43,20-44-32-9-3-4-27-25(32)14-22(7-10-32)16-38-27)18-33(21,26)34(23)19-39(30(35)36-2)12-8-24(34)17-37-11-13-40/h7,10,21-25,27,37-38,40,43H,3-6,8-9,11-20H2,1-2H3,(H2,35,36)(H,41,42). The predicted octanol–water partition coefficient (Wildman–Crippen LogP) is -0.875. The summed E-state index contributed by atoms with van der Waals surface area (Å²) in [5.41, 5.74) is 4.64. The van der Waals surface area contributed by atoms with Crippen LogP contribution >= 0.6 is 0 Å². The first-order valence-electron chi connectivity index (χ1n) is 17.3. The number of nitrogens with one attached hydrogen (secondary N) is 3. The van der Waals surface area contributed by atoms with Gasteiger partial charge in [0, 0.05) is 54.9 Å². The van der Waals surface area contributed by atoms with Crippen LogP contribution in [0.4, 0.5) is 0 Å². The highest BCUT2D eigenvalue weighted by molar-refractivity contribution is 5.90. The summed E-state index contributed by atoms with van der Waals surface area (Å²) >= 11 is 0. The number of hydrogen-bond acceptors (Lipinski definition) is 8. The number of fused-ring (bicyclic) bond motifs is 1. The molecule has 2 spiro atoms. The molecular formula is C34H53N5O5. The zero-order valence-electron chi connectivity index (χ0n) is 26.6. The number of hydrogen-bond donors (Lipinski definition) is 6. The summed E-state index contributed by atoms with van der Waals surface area (Å²) in [5, 5.41) is 42.7. The third-order valence-electron chi connectivity index (χ3n) is 13.8. The molecule has 5 fully saturated rings. The van der Waals surface area contributed by atoms with E-state index in [9.17, 15) is 20.1 Å². The maximum absolute atomic E-state index is 13.2. The summed E-state index contributed by atoms with van der Waals surface area (Å²) in [6, 6.07) is 0.400. The van der Waals surface area contributed by atoms with Gasteiger partial charge in [0.25, 0.3) is 5.96 Å². The van der Waals surface area contributed by atoms with Crippen molar-refractivity contribution in [2.75, 3.05) is 53.0 Å². The first-order chi connectivity index (χ1) is 21.1. The number of guanidine groups is 1. The molecule has 5 aliphatic carbocycles. The van der Waals surface area contributed by atoms with Gasteiger partial charge in [-0.25, -0.2) is 4.99 Å². The quantitative estimate of drug-likeness (QED) is 0.0895. The third-order valence-corrected chi connectivity index (χ3v) is 13.8. The van der Waals surface area contributed by atoms with Crippen molar-refractivity contribution in [2.45, 2.75) is 82.0 Å². The van der Waals surface area contributed by atoms with Gasteiger partial charge in [0.2, 0.25) is 0 Å². The summed E-state index contributed by atoms with van der Waals surface area (Å²) in [7, 11) is 1.74. The third kappa shape index (κ3) is 4.27. The number of rotatable bonds is 8. The number of aliphatic imine (C=N–C) groups is 1. The smallest absolute Gasteiger partial charge is 0.293 e. The van der Waals surface area contributed by atoms with Crippen LogP contribution in [0.1, 0.15) is 64.7 Å². The SMILES string of the molecule is CN=C(N)[NH+]1CCC(CNCCO)C2(C1)C1CCC(C)C23CC(O)(COC24C=CC5CNC(CCC2)C4C5)C(C(=O)[O-])=C3C1. The number of aliphatic hydroxyl groups excluding tert-OH is 1. The Balaban J connectivity index is 1.29. The molecule has 7 aliphatic rings. The Morgan fingerprint density at radius 2 is 2.16 bits per heavy atom. The largest absolute Gasteiger partial charge is 0.545 e. The number of aliphatic hydroxyl groups is 2. The molecule has 7 rings (SSSR count). The number of carbonyl (C=O) groups excluding carboxylic acids is 1. The molecule has 244 valence electrons. The number of nitrogens with zero attached hydrogens (tertiary/aromatic N) is 1. The van der Waals surface area contributed by atoms with Crippen molar-refractivity contribution >= 4 is 11.9 Å². The Kier molecular flexibility index (Phi) is 7.82. The lowest BCUT2D eigenvalue weighted by Gasteiger charge is -2.60. The second-order valence-electron chi connectivity index (χ2n) is 15.4. The summed E-state index contributed by atoms with van der Waals surface area (Å²) < 4.78 is 6.90. The molecule has 3 saturated carbocycles. The minimum atomic E-state index is -1.63. The molecular weight excluding hydrogens is 558 g/mol. The maximum atomic E-state index is 13.2. The molecule has 2 aliphatic heterocycles. The molecule has 2 heterocycles. The number of carboxylic acids is 1. The van der Waals surface area contributed by atoms with Gasteiger partial charge in [0.15, 0.2) is 0 Å². The highest BCUT2D eigenvalue weighted by atomic mass is 16.5. The van der Waals surface area contributed by atoms with E-state index in [0.29, 0.717) is 49.1 Å². The Labute approximate surface area is 261 Å². The van der Waals surface area contributed by atoms with Crippen LogP contribution < -0.4 is 26.4 Å². The van der Waals surface area contributed by atoms with E-state index in [1.54, 1.807) is 7.05 Å². The molecule has 44 heavy (non-hydrogen) atoms. The number of nitrogens with two attached hydrogens (primary N) is 1. The van der Waals surface area contributed by atoms with Gasteiger partial charge in [0.05, 0.1) is 37.9 Å². The van der Waals surface area contributed by atoms with Crippen molar-refractivity contribution in [1.29, 1.82) is 0 Å². The van der Waals surface area contributed by atoms with Crippen LogP contribution in [0.2, 0.25) is 0 Å². The van der Waals surface area contributed by atoms with E-state index in [1.807, 2.05) is 0 Å². The average Bonchev–Trinajstić information content (AvgIpc) is 3.37. The number of carboxylic acid groups (broad SMARTS) is 1. The summed E-state index contributed by atoms with van der Waals surface area (Å²) in [6.07, 6.45) is 12.6. The molecule has 7 N–H and O–H groups in total. The van der Waals surface area contributed by atoms with Crippen molar-refractivity contribution in [3.63, 3.8) is 0 Å². The number of carbonyl (C=O) groups is 1. The van der Waals surface area contributed by atoms with Crippen LogP contribution in [-0.4, -0.2) is 92.4 Å². The zero-order chi connectivity index (χ0) is 30.9. The van der Waals surface area contributed by atoms with E-state index in [-0.39, 0.29) is 36.0 Å². The topological polar surface area (TPSA) is 157 Å². The lowest BCUT2D eigenvalue weighted by molar-refractivity contribution is -0.828. The highest BCUT2D eigenvalue weighted by Gasteiger charge is 2.76. The Morgan fingerprint density at radius 3 is 2.93 bits per heavy atom. The second-order valence-corrected chi connectivity index (χ2v) is 15.4. The summed E-state index contributed by atoms with van der Waals surface area (Å²) in [5.74, 6) is 0.916. The monoisotopic (exact) mass is 611 g/mol. The molecule has 0 aromatic carbocycles. The molecule has 10 nitrogen and oxygen atoms in total. The normalized spacial score (nSPS) is 47.7. The number of quaternary nitrogens is 1. The predicted molar refractivity (Wildman–Crippen MR) is 164 cm³/mol. The van der Waals surface area contributed by atoms with E-state index in [4.69, 9.17) is 10.5 Å². The van der Waals surface area contributed by atoms with Gasteiger partial charge in [-0.3, -0.25) is 4.90 Å². The lowest BCUT2D eigenvalue weighted by Crippen LogP contribution is -3.19. The Hall–Kier alpha value is -1.82. The molecule has 2 saturated heterocycles. The molecule has 10 heteroatoms. The first kappa shape index (κ1) is 30.8. The Morgan fingerprint density at radius 1 is 1.32 bits per heavy atom. The van der Waals surface area contributed by atoms with Crippen LogP contribution in [0, 0.1) is 40.4 Å². The summed E-state index contributed by atoms with van der Waals surface area (Å²) in [6.45, 7) is 6.21. The number of likely N-dealkylation sites (tertiary alicyclic amines) is 1. The maximum Gasteiger partial charge on any atom is 0.293 e. The minimum absolute atomic E-state index is 0.0319. The summed E-state index contributed by atoms with van der Waals surface area (Å²) in [4.78, 5) is 18.7. The van der Waals surface area contributed by atoms with Crippen LogP contribution in [0.25, 0.3) is 0 Å². The van der Waals surface area contributed by atoms with E-state index in [1.165, 1.54) is 0 Å². The molecule has 0 radical (unpaired) electrons. The molecule has 11 unspecified atom stereocenters. The Bertz CT molecular complexity index is 1250. The van der Waals surface area contributed by atoms with Gasteiger partial charge in [-0.05, 0) is 81.6 Å². The van der Waals surface area contributed by atoms with Crippen molar-refractivity contribution in [2.24, 2.45) is 51.1 Å². The first-order valence-corrected chi connectivity index (χ1v) is 17.3. The van der Waals surface area contributed by atoms with E-state index in [2.05, 4.69) is 34.7 Å². The van der Waals surface area contributed by atoms with Crippen molar-refractivity contribution < 1.29 is 29.8 Å². The molecule has 0 aromatic rings. The minimum Gasteiger partial charge on any atom is -0.545 e. The van der Waals surface area contributed by atoms with Crippen LogP contribution in [0.3, 0.4) is 0 Å². The van der Waals surface area contributed by atoms with Crippen LogP contribution in [-0.2, 0) is 9.53 Å². The fourth-order valence-corrected chi connectivity index (χ4v) is 12.1. The van der Waals surface area contributed by atoms with Crippen LogP contribution in [0.5, 0.6) is 0 Å².